The summed E-state index contributed by atoms with van der Waals surface area (Å²) in [5.74, 6) is 0. The third-order valence-electron chi connectivity index (χ3n) is 5.47. The van der Waals surface area contributed by atoms with Gasteiger partial charge >= 0.3 is 0 Å². The summed E-state index contributed by atoms with van der Waals surface area (Å²) in [5.41, 5.74) is -0.0636. The molecule has 2 fully saturated rings. The van der Waals surface area contributed by atoms with Crippen molar-refractivity contribution < 1.29 is 5.11 Å². The minimum Gasteiger partial charge on any atom is -0.394 e. The number of piperidine rings is 1. The van der Waals surface area contributed by atoms with E-state index in [1.807, 2.05) is 0 Å². The Kier molecular flexibility index (Phi) is 6.06. The van der Waals surface area contributed by atoms with Gasteiger partial charge in [-0.25, -0.2) is 0 Å². The van der Waals surface area contributed by atoms with Crippen molar-refractivity contribution >= 4 is 0 Å². The Balaban J connectivity index is 1.98. The van der Waals surface area contributed by atoms with Gasteiger partial charge in [0.05, 0.1) is 6.61 Å². The highest BCUT2D eigenvalue weighted by Crippen LogP contribution is 2.32. The molecule has 3 atom stereocenters. The molecule has 0 aromatic carbocycles. The van der Waals surface area contributed by atoms with Crippen molar-refractivity contribution in [3.8, 4) is 0 Å². The van der Waals surface area contributed by atoms with Crippen LogP contribution in [0, 0.1) is 0 Å². The second kappa shape index (κ2) is 7.40. The molecule has 21 heavy (non-hydrogen) atoms. The van der Waals surface area contributed by atoms with Gasteiger partial charge in [-0.3, -0.25) is 4.90 Å². The predicted molar refractivity (Wildman–Crippen MR) is 88.6 cm³/mol. The molecule has 0 aromatic rings. The van der Waals surface area contributed by atoms with E-state index in [1.165, 1.54) is 38.8 Å². The largest absolute Gasteiger partial charge is 0.394 e. The van der Waals surface area contributed by atoms with Crippen LogP contribution in [0.15, 0.2) is 0 Å². The molecule has 0 radical (unpaired) electrons. The molecule has 0 bridgehead atoms. The van der Waals surface area contributed by atoms with Crippen molar-refractivity contribution in [1.29, 1.82) is 0 Å². The van der Waals surface area contributed by atoms with Crippen molar-refractivity contribution in [2.45, 2.75) is 76.0 Å². The summed E-state index contributed by atoms with van der Waals surface area (Å²) in [5, 5.41) is 13.6. The molecule has 0 amide bonds. The Labute approximate surface area is 130 Å². The number of nitrogens with one attached hydrogen (secondary N) is 1. The van der Waals surface area contributed by atoms with Crippen LogP contribution < -0.4 is 5.32 Å². The molecule has 4 nitrogen and oxygen atoms in total. The van der Waals surface area contributed by atoms with E-state index in [9.17, 15) is 5.11 Å². The quantitative estimate of drug-likeness (QED) is 0.810. The maximum Gasteiger partial charge on any atom is 0.0613 e. The molecular formula is C17H35N3O. The minimum atomic E-state index is -0.0636. The highest BCUT2D eigenvalue weighted by atomic mass is 16.3. The van der Waals surface area contributed by atoms with Crippen molar-refractivity contribution in [3.05, 3.63) is 0 Å². The normalized spacial score (nSPS) is 35.6. The lowest BCUT2D eigenvalue weighted by Gasteiger charge is -2.47. The lowest BCUT2D eigenvalue weighted by atomic mass is 9.78. The van der Waals surface area contributed by atoms with E-state index in [1.54, 1.807) is 0 Å². The van der Waals surface area contributed by atoms with E-state index in [4.69, 9.17) is 0 Å². The number of rotatable bonds is 5. The van der Waals surface area contributed by atoms with E-state index < -0.39 is 0 Å². The number of aliphatic hydroxyl groups is 1. The molecule has 0 aromatic heterocycles. The van der Waals surface area contributed by atoms with Gasteiger partial charge in [0, 0.05) is 30.2 Å². The Morgan fingerprint density at radius 3 is 2.62 bits per heavy atom. The number of likely N-dealkylation sites (N-methyl/N-ethyl adjacent to an activating group) is 2. The van der Waals surface area contributed by atoms with Crippen molar-refractivity contribution in [2.75, 3.05) is 33.8 Å². The van der Waals surface area contributed by atoms with Gasteiger partial charge < -0.3 is 15.3 Å². The van der Waals surface area contributed by atoms with Crippen LogP contribution in [0.1, 0.15) is 52.4 Å². The zero-order valence-corrected chi connectivity index (χ0v) is 14.4. The maximum absolute atomic E-state index is 9.95. The molecular weight excluding hydrogens is 262 g/mol. The lowest BCUT2D eigenvalue weighted by molar-refractivity contribution is 0.0305. The van der Waals surface area contributed by atoms with E-state index in [-0.39, 0.29) is 12.1 Å². The van der Waals surface area contributed by atoms with Crippen LogP contribution in [0.3, 0.4) is 0 Å². The van der Waals surface area contributed by atoms with Gasteiger partial charge in [-0.05, 0) is 59.2 Å². The van der Waals surface area contributed by atoms with Crippen LogP contribution in [0.4, 0.5) is 0 Å². The lowest BCUT2D eigenvalue weighted by Crippen LogP contribution is -2.59. The fourth-order valence-electron chi connectivity index (χ4n) is 4.38. The second-order valence-corrected chi connectivity index (χ2v) is 7.71. The number of hydrogen-bond donors (Lipinski definition) is 2. The van der Waals surface area contributed by atoms with Crippen LogP contribution in [-0.2, 0) is 0 Å². The number of nitrogens with zero attached hydrogens (tertiary/aromatic N) is 2. The third-order valence-corrected chi connectivity index (χ3v) is 5.47. The Bertz CT molecular complexity index is 323. The summed E-state index contributed by atoms with van der Waals surface area (Å²) in [6.45, 7) is 7.06. The first-order valence-corrected chi connectivity index (χ1v) is 8.75. The van der Waals surface area contributed by atoms with E-state index >= 15 is 0 Å². The van der Waals surface area contributed by atoms with Gasteiger partial charge in [0.1, 0.15) is 0 Å². The van der Waals surface area contributed by atoms with Gasteiger partial charge in [0.15, 0.2) is 0 Å². The van der Waals surface area contributed by atoms with E-state index in [0.717, 1.165) is 12.8 Å². The first kappa shape index (κ1) is 17.2. The van der Waals surface area contributed by atoms with Crippen LogP contribution in [-0.4, -0.2) is 72.4 Å². The molecule has 2 aliphatic rings. The maximum atomic E-state index is 9.95. The molecule has 124 valence electrons. The fraction of sp³-hybridized carbons (Fsp3) is 1.00. The van der Waals surface area contributed by atoms with Crippen LogP contribution >= 0.6 is 0 Å². The SMILES string of the molecule is CC(C)NC1(CO)CCCC(N(C)C2CCCN(C)C2)C1. The summed E-state index contributed by atoms with van der Waals surface area (Å²) in [4.78, 5) is 5.07. The zero-order valence-electron chi connectivity index (χ0n) is 14.4. The average molecular weight is 297 g/mol. The highest BCUT2D eigenvalue weighted by molar-refractivity contribution is 4.98. The second-order valence-electron chi connectivity index (χ2n) is 7.71. The predicted octanol–water partition coefficient (Wildman–Crippen LogP) is 1.68. The van der Waals surface area contributed by atoms with Gasteiger partial charge in [-0.15, -0.1) is 0 Å². The van der Waals surface area contributed by atoms with Gasteiger partial charge in [0.2, 0.25) is 0 Å². The summed E-state index contributed by atoms with van der Waals surface area (Å²) in [6, 6.07) is 1.72. The first-order chi connectivity index (χ1) is 9.96. The summed E-state index contributed by atoms with van der Waals surface area (Å²) < 4.78 is 0. The number of likely N-dealkylation sites (tertiary alicyclic amines) is 1. The minimum absolute atomic E-state index is 0.0636. The van der Waals surface area contributed by atoms with Crippen LogP contribution in [0.25, 0.3) is 0 Å². The molecule has 3 unspecified atom stereocenters. The standard InChI is InChI=1S/C17H35N3O/c1-14(2)18-17(13-21)9-5-7-15(11-17)20(4)16-8-6-10-19(3)12-16/h14-16,18,21H,5-13H2,1-4H3. The molecule has 1 aliphatic carbocycles. The molecule has 2 rings (SSSR count). The Hall–Kier alpha value is -0.160. The fourth-order valence-corrected chi connectivity index (χ4v) is 4.38. The average Bonchev–Trinajstić information content (AvgIpc) is 2.46. The summed E-state index contributed by atoms with van der Waals surface area (Å²) in [7, 11) is 4.54. The van der Waals surface area contributed by atoms with Gasteiger partial charge in [-0.1, -0.05) is 13.8 Å². The monoisotopic (exact) mass is 297 g/mol. The number of hydrogen-bond acceptors (Lipinski definition) is 4. The molecule has 4 heteroatoms. The molecule has 1 heterocycles. The van der Waals surface area contributed by atoms with Gasteiger partial charge in [-0.2, -0.15) is 0 Å². The molecule has 0 spiro atoms. The Morgan fingerprint density at radius 1 is 1.29 bits per heavy atom. The van der Waals surface area contributed by atoms with Crippen molar-refractivity contribution in [1.82, 2.24) is 15.1 Å². The van der Waals surface area contributed by atoms with E-state index in [0.29, 0.717) is 18.1 Å². The molecule has 1 saturated heterocycles. The number of aliphatic hydroxyl groups excluding tert-OH is 1. The molecule has 1 saturated carbocycles. The topological polar surface area (TPSA) is 38.7 Å². The smallest absolute Gasteiger partial charge is 0.0613 e. The van der Waals surface area contributed by atoms with Gasteiger partial charge in [0.25, 0.3) is 0 Å². The third kappa shape index (κ3) is 4.41. The molecule has 2 N–H and O–H groups in total. The first-order valence-electron chi connectivity index (χ1n) is 8.75. The highest BCUT2D eigenvalue weighted by Gasteiger charge is 2.39. The van der Waals surface area contributed by atoms with Crippen LogP contribution in [0.2, 0.25) is 0 Å². The summed E-state index contributed by atoms with van der Waals surface area (Å²) in [6.07, 6.45) is 7.32. The Morgan fingerprint density at radius 2 is 2.00 bits per heavy atom. The van der Waals surface area contributed by atoms with Crippen molar-refractivity contribution in [3.63, 3.8) is 0 Å². The van der Waals surface area contributed by atoms with E-state index in [2.05, 4.69) is 43.1 Å². The van der Waals surface area contributed by atoms with Crippen LogP contribution in [0.5, 0.6) is 0 Å². The summed E-state index contributed by atoms with van der Waals surface area (Å²) >= 11 is 0. The molecule has 1 aliphatic heterocycles. The van der Waals surface area contributed by atoms with Crippen molar-refractivity contribution in [2.24, 2.45) is 0 Å². The zero-order chi connectivity index (χ0) is 15.5.